The highest BCUT2D eigenvalue weighted by atomic mass is 32.2. The maximum absolute atomic E-state index is 5.79. The number of nitrogens with one attached hydrogen (secondary N) is 1. The molecule has 1 fully saturated rings. The predicted molar refractivity (Wildman–Crippen MR) is 109 cm³/mol. The van der Waals surface area contributed by atoms with Gasteiger partial charge in [-0.2, -0.15) is 0 Å². The van der Waals surface area contributed by atoms with Gasteiger partial charge in [-0.15, -0.1) is 0 Å². The molecule has 23 heavy (non-hydrogen) atoms. The van der Waals surface area contributed by atoms with Gasteiger partial charge in [0.05, 0.1) is 6.61 Å². The van der Waals surface area contributed by atoms with Gasteiger partial charge in [0.1, 0.15) is 15.1 Å². The van der Waals surface area contributed by atoms with Crippen LogP contribution in [0, 0.1) is 0 Å². The molecule has 0 spiro atoms. The summed E-state index contributed by atoms with van der Waals surface area (Å²) in [4.78, 5) is 1.72. The molecule has 1 aliphatic heterocycles. The monoisotopic (exact) mass is 365 g/mol. The fraction of sp³-hybridized carbons (Fsp3) is 0.444. The second kappa shape index (κ2) is 10.1. The molecule has 1 aromatic carbocycles. The van der Waals surface area contributed by atoms with Crippen molar-refractivity contribution in [1.29, 1.82) is 0 Å². The highest BCUT2D eigenvalue weighted by molar-refractivity contribution is 8.27. The van der Waals surface area contributed by atoms with E-state index in [0.29, 0.717) is 4.99 Å². The Bertz CT molecular complexity index is 566. The summed E-state index contributed by atoms with van der Waals surface area (Å²) in [5.74, 6) is 0.927. The molecule has 124 valence electrons. The van der Waals surface area contributed by atoms with Gasteiger partial charge in [0, 0.05) is 4.91 Å². The zero-order valence-electron chi connectivity index (χ0n) is 13.5. The van der Waals surface area contributed by atoms with Crippen LogP contribution in [-0.2, 0) is 0 Å². The lowest BCUT2D eigenvalue weighted by Crippen LogP contribution is -2.15. The average molecular weight is 366 g/mol. The predicted octanol–water partition coefficient (Wildman–Crippen LogP) is 5.72. The van der Waals surface area contributed by atoms with Crippen LogP contribution >= 0.6 is 36.2 Å². The molecular weight excluding hydrogens is 342 g/mol. The first kappa shape index (κ1) is 18.4. The zero-order chi connectivity index (χ0) is 16.5. The smallest absolute Gasteiger partial charge is 0.143 e. The minimum absolute atomic E-state index is 0.711. The van der Waals surface area contributed by atoms with Crippen LogP contribution in [0.2, 0.25) is 0 Å². The van der Waals surface area contributed by atoms with E-state index in [-0.39, 0.29) is 0 Å². The van der Waals surface area contributed by atoms with Gasteiger partial charge in [0.2, 0.25) is 0 Å². The summed E-state index contributed by atoms with van der Waals surface area (Å²) in [5.41, 5.74) is 1.10. The van der Waals surface area contributed by atoms with E-state index in [2.05, 4.69) is 18.3 Å². The molecule has 0 unspecified atom stereocenters. The van der Waals surface area contributed by atoms with Crippen LogP contribution in [0.25, 0.3) is 6.08 Å². The third kappa shape index (κ3) is 6.61. The van der Waals surface area contributed by atoms with E-state index < -0.39 is 0 Å². The van der Waals surface area contributed by atoms with Crippen molar-refractivity contribution in [2.24, 2.45) is 0 Å². The maximum atomic E-state index is 5.79. The van der Waals surface area contributed by atoms with Crippen molar-refractivity contribution in [3.63, 3.8) is 0 Å². The number of benzene rings is 1. The Hall–Kier alpha value is -0.910. The molecule has 1 saturated heterocycles. The van der Waals surface area contributed by atoms with Crippen LogP contribution in [0.3, 0.4) is 0 Å². The molecule has 0 aromatic heterocycles. The van der Waals surface area contributed by atoms with Crippen LogP contribution < -0.4 is 10.1 Å². The number of hydrogen-bond donors (Lipinski definition) is 1. The summed E-state index contributed by atoms with van der Waals surface area (Å²) < 4.78 is 6.51. The average Bonchev–Trinajstić information content (AvgIpc) is 2.85. The van der Waals surface area contributed by atoms with Crippen molar-refractivity contribution in [3.05, 3.63) is 34.7 Å². The highest BCUT2D eigenvalue weighted by Crippen LogP contribution is 2.27. The maximum Gasteiger partial charge on any atom is 0.143 e. The van der Waals surface area contributed by atoms with Gasteiger partial charge in [-0.25, -0.2) is 0 Å². The first-order valence-electron chi connectivity index (χ1n) is 8.17. The Kier molecular flexibility index (Phi) is 8.06. The Labute approximate surface area is 154 Å². The Morgan fingerprint density at radius 2 is 1.74 bits per heavy atom. The van der Waals surface area contributed by atoms with Gasteiger partial charge in [-0.1, -0.05) is 87.4 Å². The number of ether oxygens (including phenoxy) is 1. The number of thiocarbonyl (C=S) groups is 2. The topological polar surface area (TPSA) is 21.3 Å². The van der Waals surface area contributed by atoms with Crippen molar-refractivity contribution >= 4 is 51.6 Å². The van der Waals surface area contributed by atoms with Gasteiger partial charge < -0.3 is 10.1 Å². The quantitative estimate of drug-likeness (QED) is 0.342. The molecule has 0 bridgehead atoms. The van der Waals surface area contributed by atoms with Crippen molar-refractivity contribution in [2.45, 2.75) is 45.4 Å². The molecule has 2 nitrogen and oxygen atoms in total. The van der Waals surface area contributed by atoms with Gasteiger partial charge in [-0.05, 0) is 30.2 Å². The minimum atomic E-state index is 0.711. The summed E-state index contributed by atoms with van der Waals surface area (Å²) in [6.07, 6.45) is 9.74. The second-order valence-electron chi connectivity index (χ2n) is 5.54. The lowest BCUT2D eigenvalue weighted by atomic mass is 10.1. The zero-order valence-corrected chi connectivity index (χ0v) is 15.9. The first-order valence-corrected chi connectivity index (χ1v) is 9.80. The molecule has 0 atom stereocenters. The summed E-state index contributed by atoms with van der Waals surface area (Å²) in [6, 6.07) is 8.12. The third-order valence-corrected chi connectivity index (χ3v) is 5.22. The first-order chi connectivity index (χ1) is 11.2. The summed E-state index contributed by atoms with van der Waals surface area (Å²) in [7, 11) is 0. The summed E-state index contributed by atoms with van der Waals surface area (Å²) in [6.45, 7) is 3.04. The van der Waals surface area contributed by atoms with E-state index in [1.807, 2.05) is 24.3 Å². The van der Waals surface area contributed by atoms with Crippen molar-refractivity contribution < 1.29 is 4.74 Å². The van der Waals surface area contributed by atoms with Crippen molar-refractivity contribution in [2.75, 3.05) is 6.61 Å². The molecule has 2 rings (SSSR count). The lowest BCUT2D eigenvalue weighted by molar-refractivity contribution is 0.304. The number of rotatable bonds is 9. The normalized spacial score (nSPS) is 16.0. The second-order valence-corrected chi connectivity index (χ2v) is 7.66. The summed E-state index contributed by atoms with van der Waals surface area (Å²) >= 11 is 11.9. The fourth-order valence-electron chi connectivity index (χ4n) is 2.31. The Balaban J connectivity index is 1.73. The molecular formula is C18H23NOS3. The van der Waals surface area contributed by atoms with Gasteiger partial charge in [-0.3, -0.25) is 0 Å². The number of hydrogen-bond acceptors (Lipinski definition) is 4. The van der Waals surface area contributed by atoms with Crippen molar-refractivity contribution in [1.82, 2.24) is 5.32 Å². The number of unbranched alkanes of at least 4 members (excludes halogenated alkanes) is 5. The van der Waals surface area contributed by atoms with Crippen molar-refractivity contribution in [3.8, 4) is 5.75 Å². The number of thioether (sulfide) groups is 1. The minimum Gasteiger partial charge on any atom is -0.494 e. The Morgan fingerprint density at radius 1 is 1.04 bits per heavy atom. The molecule has 1 heterocycles. The fourth-order valence-corrected chi connectivity index (χ4v) is 3.78. The highest BCUT2D eigenvalue weighted by Gasteiger charge is 2.18. The standard InChI is InChI=1S/C18H23NOS3/c1-2-3-4-5-6-7-12-20-15-10-8-14(9-11-15)13-16-17(21)19-18(22)23-16/h8-11,13H,2-7,12H2,1H3,(H,19,21,22). The van der Waals surface area contributed by atoms with E-state index in [0.717, 1.165) is 33.6 Å². The molecule has 0 aliphatic carbocycles. The van der Waals surface area contributed by atoms with Crippen LogP contribution in [0.1, 0.15) is 51.0 Å². The van der Waals surface area contributed by atoms with Crippen LogP contribution in [0.15, 0.2) is 29.2 Å². The van der Waals surface area contributed by atoms with Crippen LogP contribution in [0.5, 0.6) is 5.75 Å². The van der Waals surface area contributed by atoms with Gasteiger partial charge >= 0.3 is 0 Å². The van der Waals surface area contributed by atoms with Gasteiger partial charge in [0.25, 0.3) is 0 Å². The Morgan fingerprint density at radius 3 is 2.39 bits per heavy atom. The van der Waals surface area contributed by atoms with Crippen LogP contribution in [-0.4, -0.2) is 15.9 Å². The van der Waals surface area contributed by atoms with Crippen LogP contribution in [0.4, 0.5) is 0 Å². The van der Waals surface area contributed by atoms with E-state index in [1.54, 1.807) is 0 Å². The SMILES string of the molecule is CCCCCCCCOc1ccc(C=C2SC(=S)NC2=S)cc1. The molecule has 1 N–H and O–H groups in total. The molecule has 5 heteroatoms. The van der Waals surface area contributed by atoms with E-state index >= 15 is 0 Å². The largest absolute Gasteiger partial charge is 0.494 e. The molecule has 0 radical (unpaired) electrons. The molecule has 1 aromatic rings. The summed E-state index contributed by atoms with van der Waals surface area (Å²) in [5, 5.41) is 2.98. The molecule has 1 aliphatic rings. The van der Waals surface area contributed by atoms with Gasteiger partial charge in [0.15, 0.2) is 0 Å². The van der Waals surface area contributed by atoms with E-state index in [9.17, 15) is 0 Å². The molecule has 0 amide bonds. The van der Waals surface area contributed by atoms with E-state index in [4.69, 9.17) is 29.2 Å². The third-order valence-electron chi connectivity index (χ3n) is 3.59. The molecule has 0 saturated carbocycles. The lowest BCUT2D eigenvalue weighted by Gasteiger charge is -2.06. The van der Waals surface area contributed by atoms with E-state index in [1.165, 1.54) is 43.9 Å².